The second kappa shape index (κ2) is 6.16. The van der Waals surface area contributed by atoms with Gasteiger partial charge in [-0.1, -0.05) is 0 Å². The fourth-order valence-electron chi connectivity index (χ4n) is 3.13. The standard InChI is InChI=1S/C18H17N3O4/c22-18(13-6-8-19-17(11-13)25-15-2-1-3-15)20-9-7-12-10-14(21(23)24)4-5-16(12)20/h4-6,8,10-11,15H,1-3,7,9H2. The Morgan fingerprint density at radius 3 is 2.84 bits per heavy atom. The van der Waals surface area contributed by atoms with Gasteiger partial charge in [-0.3, -0.25) is 14.9 Å². The van der Waals surface area contributed by atoms with Gasteiger partial charge in [0.15, 0.2) is 0 Å². The van der Waals surface area contributed by atoms with Gasteiger partial charge in [-0.2, -0.15) is 0 Å². The predicted octanol–water partition coefficient (Wildman–Crippen LogP) is 3.12. The van der Waals surface area contributed by atoms with Crippen molar-refractivity contribution in [1.82, 2.24) is 4.98 Å². The highest BCUT2D eigenvalue weighted by molar-refractivity contribution is 6.07. The molecule has 0 spiro atoms. The molecule has 0 bridgehead atoms. The Morgan fingerprint density at radius 2 is 2.12 bits per heavy atom. The molecule has 0 radical (unpaired) electrons. The van der Waals surface area contributed by atoms with Gasteiger partial charge in [-0.25, -0.2) is 4.98 Å². The summed E-state index contributed by atoms with van der Waals surface area (Å²) in [6.07, 6.45) is 5.61. The largest absolute Gasteiger partial charge is 0.474 e. The first-order valence-electron chi connectivity index (χ1n) is 8.34. The van der Waals surface area contributed by atoms with Crippen molar-refractivity contribution in [3.05, 3.63) is 57.8 Å². The molecule has 1 aromatic carbocycles. The lowest BCUT2D eigenvalue weighted by Crippen LogP contribution is -2.29. The minimum absolute atomic E-state index is 0.0492. The second-order valence-corrected chi connectivity index (χ2v) is 6.33. The first-order valence-corrected chi connectivity index (χ1v) is 8.34. The van der Waals surface area contributed by atoms with E-state index in [1.807, 2.05) is 0 Å². The van der Waals surface area contributed by atoms with Crippen LogP contribution < -0.4 is 9.64 Å². The predicted molar refractivity (Wildman–Crippen MR) is 91.0 cm³/mol. The van der Waals surface area contributed by atoms with E-state index in [2.05, 4.69) is 4.98 Å². The SMILES string of the molecule is O=C(c1ccnc(OC2CCC2)c1)N1CCc2cc([N+](=O)[O-])ccc21. The van der Waals surface area contributed by atoms with Gasteiger partial charge in [-0.15, -0.1) is 0 Å². The number of hydrogen-bond acceptors (Lipinski definition) is 5. The zero-order chi connectivity index (χ0) is 17.4. The maximum atomic E-state index is 12.9. The van der Waals surface area contributed by atoms with Crippen LogP contribution in [0.5, 0.6) is 5.88 Å². The summed E-state index contributed by atoms with van der Waals surface area (Å²) in [6.45, 7) is 0.510. The van der Waals surface area contributed by atoms with Gasteiger partial charge in [0.1, 0.15) is 6.10 Å². The Balaban J connectivity index is 1.56. The molecule has 7 heteroatoms. The lowest BCUT2D eigenvalue weighted by atomic mass is 9.96. The zero-order valence-electron chi connectivity index (χ0n) is 13.6. The second-order valence-electron chi connectivity index (χ2n) is 6.33. The summed E-state index contributed by atoms with van der Waals surface area (Å²) in [6, 6.07) is 7.96. The molecular formula is C18H17N3O4. The Labute approximate surface area is 144 Å². The van der Waals surface area contributed by atoms with Gasteiger partial charge in [0.25, 0.3) is 11.6 Å². The topological polar surface area (TPSA) is 85.6 Å². The molecule has 7 nitrogen and oxygen atoms in total. The third-order valence-corrected chi connectivity index (χ3v) is 4.74. The summed E-state index contributed by atoms with van der Waals surface area (Å²) in [7, 11) is 0. The molecule has 1 aliphatic carbocycles. The van der Waals surface area contributed by atoms with Crippen LogP contribution in [-0.2, 0) is 6.42 Å². The van der Waals surface area contributed by atoms with E-state index in [0.717, 1.165) is 24.1 Å². The average Bonchev–Trinajstić information content (AvgIpc) is 3.01. The molecule has 2 aromatic rings. The van der Waals surface area contributed by atoms with Gasteiger partial charge in [0, 0.05) is 42.2 Å². The number of nitro benzene ring substituents is 1. The van der Waals surface area contributed by atoms with E-state index >= 15 is 0 Å². The van der Waals surface area contributed by atoms with Crippen LogP contribution in [0.15, 0.2) is 36.5 Å². The van der Waals surface area contributed by atoms with Crippen LogP contribution >= 0.6 is 0 Å². The molecule has 2 aliphatic rings. The number of nitro groups is 1. The molecule has 0 unspecified atom stereocenters. The van der Waals surface area contributed by atoms with Gasteiger partial charge < -0.3 is 9.64 Å². The van der Waals surface area contributed by atoms with E-state index < -0.39 is 4.92 Å². The number of non-ortho nitro benzene ring substituents is 1. The normalized spacial score (nSPS) is 16.2. The Morgan fingerprint density at radius 1 is 1.28 bits per heavy atom. The van der Waals surface area contributed by atoms with E-state index in [4.69, 9.17) is 4.74 Å². The van der Waals surface area contributed by atoms with Crippen molar-refractivity contribution in [1.29, 1.82) is 0 Å². The number of carbonyl (C=O) groups is 1. The molecule has 0 N–H and O–H groups in total. The fraction of sp³-hybridized carbons (Fsp3) is 0.333. The van der Waals surface area contributed by atoms with Crippen molar-refractivity contribution in [2.45, 2.75) is 31.8 Å². The van der Waals surface area contributed by atoms with Crippen LogP contribution in [0.25, 0.3) is 0 Å². The zero-order valence-corrected chi connectivity index (χ0v) is 13.6. The summed E-state index contributed by atoms with van der Waals surface area (Å²) < 4.78 is 5.76. The van der Waals surface area contributed by atoms with Crippen molar-refractivity contribution in [3.63, 3.8) is 0 Å². The molecule has 4 rings (SSSR count). The summed E-state index contributed by atoms with van der Waals surface area (Å²) >= 11 is 0. The highest BCUT2D eigenvalue weighted by Crippen LogP contribution is 2.32. The number of benzene rings is 1. The molecule has 25 heavy (non-hydrogen) atoms. The third kappa shape index (κ3) is 2.93. The van der Waals surface area contributed by atoms with Crippen LogP contribution in [0, 0.1) is 10.1 Å². The van der Waals surface area contributed by atoms with E-state index in [0.29, 0.717) is 24.4 Å². The highest BCUT2D eigenvalue weighted by Gasteiger charge is 2.28. The number of rotatable bonds is 4. The molecule has 1 amide bonds. The van der Waals surface area contributed by atoms with E-state index in [-0.39, 0.29) is 17.7 Å². The Bertz CT molecular complexity index is 848. The number of anilines is 1. The molecule has 0 atom stereocenters. The molecular weight excluding hydrogens is 322 g/mol. The van der Waals surface area contributed by atoms with Crippen molar-refractivity contribution < 1.29 is 14.5 Å². The number of ether oxygens (including phenoxy) is 1. The monoisotopic (exact) mass is 339 g/mol. The summed E-state index contributed by atoms with van der Waals surface area (Å²) in [4.78, 5) is 29.2. The van der Waals surface area contributed by atoms with Crippen LogP contribution in [-0.4, -0.2) is 28.5 Å². The maximum Gasteiger partial charge on any atom is 0.269 e. The van der Waals surface area contributed by atoms with Crippen LogP contribution in [0.4, 0.5) is 11.4 Å². The molecule has 1 aromatic heterocycles. The van der Waals surface area contributed by atoms with Gasteiger partial charge in [-0.05, 0) is 43.4 Å². The number of nitrogens with zero attached hydrogens (tertiary/aromatic N) is 3. The highest BCUT2D eigenvalue weighted by atomic mass is 16.6. The molecule has 1 saturated carbocycles. The third-order valence-electron chi connectivity index (χ3n) is 4.74. The molecule has 2 heterocycles. The lowest BCUT2D eigenvalue weighted by molar-refractivity contribution is -0.384. The number of aromatic nitrogens is 1. The minimum Gasteiger partial charge on any atom is -0.474 e. The van der Waals surface area contributed by atoms with Crippen molar-refractivity contribution in [3.8, 4) is 5.88 Å². The number of fused-ring (bicyclic) bond motifs is 1. The fourth-order valence-corrected chi connectivity index (χ4v) is 3.13. The summed E-state index contributed by atoms with van der Waals surface area (Å²) in [5.41, 5.74) is 2.11. The lowest BCUT2D eigenvalue weighted by Gasteiger charge is -2.26. The molecule has 0 saturated heterocycles. The molecule has 1 aliphatic heterocycles. The minimum atomic E-state index is -0.419. The van der Waals surface area contributed by atoms with E-state index in [1.165, 1.54) is 12.5 Å². The quantitative estimate of drug-likeness (QED) is 0.631. The molecule has 1 fully saturated rings. The van der Waals surface area contributed by atoms with Crippen LogP contribution in [0.3, 0.4) is 0 Å². The van der Waals surface area contributed by atoms with E-state index in [1.54, 1.807) is 35.4 Å². The Kier molecular flexibility index (Phi) is 3.83. The number of pyridine rings is 1. The van der Waals surface area contributed by atoms with Gasteiger partial charge >= 0.3 is 0 Å². The van der Waals surface area contributed by atoms with Crippen molar-refractivity contribution >= 4 is 17.3 Å². The van der Waals surface area contributed by atoms with Gasteiger partial charge in [0.05, 0.1) is 4.92 Å². The summed E-state index contributed by atoms with van der Waals surface area (Å²) in [5, 5.41) is 10.9. The molecule has 128 valence electrons. The van der Waals surface area contributed by atoms with Crippen molar-refractivity contribution in [2.24, 2.45) is 0 Å². The first-order chi connectivity index (χ1) is 12.1. The number of carbonyl (C=O) groups excluding carboxylic acids is 1. The van der Waals surface area contributed by atoms with E-state index in [9.17, 15) is 14.9 Å². The maximum absolute atomic E-state index is 12.9. The average molecular weight is 339 g/mol. The summed E-state index contributed by atoms with van der Waals surface area (Å²) in [5.74, 6) is 0.326. The van der Waals surface area contributed by atoms with Crippen LogP contribution in [0.1, 0.15) is 35.2 Å². The number of hydrogen-bond donors (Lipinski definition) is 0. The number of amides is 1. The Hall–Kier alpha value is -2.96. The van der Waals surface area contributed by atoms with Gasteiger partial charge in [0.2, 0.25) is 5.88 Å². The van der Waals surface area contributed by atoms with Crippen molar-refractivity contribution in [2.75, 3.05) is 11.4 Å². The first kappa shape index (κ1) is 15.6. The smallest absolute Gasteiger partial charge is 0.269 e. The van der Waals surface area contributed by atoms with Crippen LogP contribution in [0.2, 0.25) is 0 Å².